The minimum absolute atomic E-state index is 0.138. The van der Waals surface area contributed by atoms with E-state index in [2.05, 4.69) is 16.9 Å². The lowest BCUT2D eigenvalue weighted by Gasteiger charge is -2.19. The van der Waals surface area contributed by atoms with Crippen molar-refractivity contribution in [3.63, 3.8) is 0 Å². The number of aromatic nitrogens is 3. The van der Waals surface area contributed by atoms with E-state index in [1.54, 1.807) is 4.90 Å². The Bertz CT molecular complexity index is 467. The molecule has 7 heteroatoms. The van der Waals surface area contributed by atoms with Gasteiger partial charge in [-0.15, -0.1) is 5.10 Å². The Labute approximate surface area is 105 Å². The maximum atomic E-state index is 12.0. The molecule has 1 N–H and O–H groups in total. The lowest BCUT2D eigenvalue weighted by molar-refractivity contribution is -0.137. The molecule has 1 rings (SSSR count). The van der Waals surface area contributed by atoms with Gasteiger partial charge in [-0.05, 0) is 13.8 Å². The molecule has 0 aliphatic rings. The maximum Gasteiger partial charge on any atom is 0.325 e. The van der Waals surface area contributed by atoms with Crippen LogP contribution in [0.2, 0.25) is 0 Å². The minimum atomic E-state index is -1.03. The van der Waals surface area contributed by atoms with E-state index >= 15 is 0 Å². The first-order valence-electron chi connectivity index (χ1n) is 5.49. The molecule has 0 fully saturated rings. The number of carbonyl (C=O) groups is 2. The Morgan fingerprint density at radius 3 is 2.72 bits per heavy atom. The maximum absolute atomic E-state index is 12.0. The van der Waals surface area contributed by atoms with E-state index in [0.717, 1.165) is 10.3 Å². The quantitative estimate of drug-likeness (QED) is 0.740. The molecule has 18 heavy (non-hydrogen) atoms. The zero-order valence-corrected chi connectivity index (χ0v) is 10.5. The second-order valence-corrected chi connectivity index (χ2v) is 3.97. The number of aliphatic carboxylic acids is 1. The predicted octanol–water partition coefficient (Wildman–Crippen LogP) is 0.401. The standard InChI is InChI=1S/C11H16N4O3/c1-4-14(5-8(2)3)11(18)9-6-15(13-12-9)7-10(16)17/h6H,2,4-5,7H2,1,3H3,(H,16,17). The third-order valence-electron chi connectivity index (χ3n) is 2.18. The van der Waals surface area contributed by atoms with Crippen LogP contribution in [0.15, 0.2) is 18.3 Å². The first-order valence-corrected chi connectivity index (χ1v) is 5.49. The largest absolute Gasteiger partial charge is 0.480 e. The van der Waals surface area contributed by atoms with Crippen LogP contribution in [-0.2, 0) is 11.3 Å². The van der Waals surface area contributed by atoms with Crippen molar-refractivity contribution in [2.45, 2.75) is 20.4 Å². The summed E-state index contributed by atoms with van der Waals surface area (Å²) in [4.78, 5) is 24.1. The van der Waals surface area contributed by atoms with E-state index in [1.165, 1.54) is 6.20 Å². The van der Waals surface area contributed by atoms with Gasteiger partial charge >= 0.3 is 5.97 Å². The Morgan fingerprint density at radius 2 is 2.22 bits per heavy atom. The van der Waals surface area contributed by atoms with Gasteiger partial charge in [0, 0.05) is 13.1 Å². The molecule has 1 aromatic rings. The van der Waals surface area contributed by atoms with Crippen LogP contribution in [0, 0.1) is 0 Å². The lowest BCUT2D eigenvalue weighted by Crippen LogP contribution is -2.32. The average Bonchev–Trinajstić information content (AvgIpc) is 2.72. The van der Waals surface area contributed by atoms with Crippen molar-refractivity contribution < 1.29 is 14.7 Å². The van der Waals surface area contributed by atoms with Crippen molar-refractivity contribution in [3.8, 4) is 0 Å². The number of hydrogen-bond donors (Lipinski definition) is 1. The SMILES string of the molecule is C=C(C)CN(CC)C(=O)c1cn(CC(=O)O)nn1. The highest BCUT2D eigenvalue weighted by Crippen LogP contribution is 2.03. The minimum Gasteiger partial charge on any atom is -0.480 e. The van der Waals surface area contributed by atoms with E-state index in [0.29, 0.717) is 13.1 Å². The molecule has 0 aromatic carbocycles. The fraction of sp³-hybridized carbons (Fsp3) is 0.455. The molecule has 0 radical (unpaired) electrons. The average molecular weight is 252 g/mol. The summed E-state index contributed by atoms with van der Waals surface area (Å²) in [5.74, 6) is -1.31. The molecule has 0 saturated heterocycles. The van der Waals surface area contributed by atoms with E-state index in [9.17, 15) is 9.59 Å². The molecule has 7 nitrogen and oxygen atoms in total. The van der Waals surface area contributed by atoms with Gasteiger partial charge in [-0.2, -0.15) is 0 Å². The fourth-order valence-electron chi connectivity index (χ4n) is 1.43. The van der Waals surface area contributed by atoms with Gasteiger partial charge in [0.1, 0.15) is 6.54 Å². The smallest absolute Gasteiger partial charge is 0.325 e. The first-order chi connectivity index (χ1) is 8.43. The van der Waals surface area contributed by atoms with Gasteiger partial charge < -0.3 is 10.0 Å². The molecular weight excluding hydrogens is 236 g/mol. The highest BCUT2D eigenvalue weighted by atomic mass is 16.4. The monoisotopic (exact) mass is 252 g/mol. The normalized spacial score (nSPS) is 10.1. The Hall–Kier alpha value is -2.18. The summed E-state index contributed by atoms with van der Waals surface area (Å²) in [5, 5.41) is 15.9. The number of amides is 1. The number of rotatable bonds is 6. The highest BCUT2D eigenvalue weighted by Gasteiger charge is 2.18. The molecule has 0 aliphatic carbocycles. The van der Waals surface area contributed by atoms with Crippen molar-refractivity contribution >= 4 is 11.9 Å². The number of hydrogen-bond acceptors (Lipinski definition) is 4. The first kappa shape index (κ1) is 13.9. The summed E-state index contributed by atoms with van der Waals surface area (Å²) in [5.41, 5.74) is 1.00. The zero-order valence-electron chi connectivity index (χ0n) is 10.5. The third-order valence-corrected chi connectivity index (χ3v) is 2.18. The Morgan fingerprint density at radius 1 is 1.56 bits per heavy atom. The van der Waals surface area contributed by atoms with E-state index in [1.807, 2.05) is 13.8 Å². The molecule has 0 atom stereocenters. The Kier molecular flexibility index (Phi) is 4.59. The van der Waals surface area contributed by atoms with Gasteiger partial charge in [-0.3, -0.25) is 9.59 Å². The van der Waals surface area contributed by atoms with Crippen LogP contribution >= 0.6 is 0 Å². The number of nitrogens with zero attached hydrogens (tertiary/aromatic N) is 4. The molecule has 1 heterocycles. The molecule has 0 unspecified atom stereocenters. The summed E-state index contributed by atoms with van der Waals surface area (Å²) >= 11 is 0. The second-order valence-electron chi connectivity index (χ2n) is 3.97. The molecular formula is C11H16N4O3. The van der Waals surface area contributed by atoms with Gasteiger partial charge in [0.05, 0.1) is 6.20 Å². The molecule has 0 saturated carbocycles. The van der Waals surface area contributed by atoms with Gasteiger partial charge in [0.25, 0.3) is 5.91 Å². The molecule has 0 bridgehead atoms. The van der Waals surface area contributed by atoms with Crippen molar-refractivity contribution in [3.05, 3.63) is 24.0 Å². The van der Waals surface area contributed by atoms with Crippen LogP contribution in [0.25, 0.3) is 0 Å². The van der Waals surface area contributed by atoms with Crippen LogP contribution in [0.3, 0.4) is 0 Å². The number of carboxylic acids is 1. The molecule has 0 aliphatic heterocycles. The Balaban J connectivity index is 2.79. The van der Waals surface area contributed by atoms with E-state index in [-0.39, 0.29) is 18.1 Å². The predicted molar refractivity (Wildman–Crippen MR) is 64.0 cm³/mol. The summed E-state index contributed by atoms with van der Waals surface area (Å²) < 4.78 is 1.12. The zero-order chi connectivity index (χ0) is 13.7. The van der Waals surface area contributed by atoms with Gasteiger partial charge in [-0.25, -0.2) is 4.68 Å². The van der Waals surface area contributed by atoms with Crippen LogP contribution in [0.4, 0.5) is 0 Å². The topological polar surface area (TPSA) is 88.3 Å². The van der Waals surface area contributed by atoms with Crippen molar-refractivity contribution in [1.29, 1.82) is 0 Å². The van der Waals surface area contributed by atoms with Crippen molar-refractivity contribution in [1.82, 2.24) is 19.9 Å². The van der Waals surface area contributed by atoms with Crippen LogP contribution in [-0.4, -0.2) is 50.0 Å². The molecule has 0 spiro atoms. The molecule has 98 valence electrons. The third kappa shape index (κ3) is 3.69. The number of carbonyl (C=O) groups excluding carboxylic acids is 1. The molecule has 1 amide bonds. The van der Waals surface area contributed by atoms with Crippen LogP contribution < -0.4 is 0 Å². The van der Waals surface area contributed by atoms with Gasteiger partial charge in [0.2, 0.25) is 0 Å². The highest BCUT2D eigenvalue weighted by molar-refractivity contribution is 5.92. The summed E-state index contributed by atoms with van der Waals surface area (Å²) in [6, 6.07) is 0. The van der Waals surface area contributed by atoms with Crippen LogP contribution in [0.1, 0.15) is 24.3 Å². The van der Waals surface area contributed by atoms with Gasteiger partial charge in [0.15, 0.2) is 5.69 Å². The van der Waals surface area contributed by atoms with E-state index < -0.39 is 5.97 Å². The molecule has 1 aromatic heterocycles. The summed E-state index contributed by atoms with van der Waals surface area (Å²) in [6.07, 6.45) is 1.33. The number of likely N-dealkylation sites (N-methyl/N-ethyl adjacent to an activating group) is 1. The van der Waals surface area contributed by atoms with Crippen LogP contribution in [0.5, 0.6) is 0 Å². The fourth-order valence-corrected chi connectivity index (χ4v) is 1.43. The number of carboxylic acid groups (broad SMARTS) is 1. The van der Waals surface area contributed by atoms with E-state index in [4.69, 9.17) is 5.11 Å². The second kappa shape index (κ2) is 5.95. The van der Waals surface area contributed by atoms with Crippen molar-refractivity contribution in [2.75, 3.05) is 13.1 Å². The summed E-state index contributed by atoms with van der Waals surface area (Å²) in [7, 11) is 0. The van der Waals surface area contributed by atoms with Gasteiger partial charge in [-0.1, -0.05) is 17.4 Å². The lowest BCUT2D eigenvalue weighted by atomic mass is 10.3. The summed E-state index contributed by atoms with van der Waals surface area (Å²) in [6.45, 7) is 8.09. The van der Waals surface area contributed by atoms with Crippen molar-refractivity contribution in [2.24, 2.45) is 0 Å².